The number of ether oxygens (including phenoxy) is 1. The van der Waals surface area contributed by atoms with Crippen LogP contribution in [-0.4, -0.2) is 46.2 Å². The standard InChI is InChI=1S/C23H24ClF3N4O2/c1-2-19-21(31-10-8-17(24)11-20(31)29-19)22(32)28-12-16-7-9-30(14-16)13-15-3-5-18(6-4-15)33-23(25,26)27/h3-6,8,10-11,16H,2,7,9,12-14H2,1H3,(H,28,32). The number of alkyl halides is 3. The molecule has 1 saturated heterocycles. The minimum atomic E-state index is -4.69. The van der Waals surface area contributed by atoms with Crippen molar-refractivity contribution >= 4 is 23.2 Å². The number of likely N-dealkylation sites (tertiary alicyclic amines) is 1. The molecule has 1 aliphatic heterocycles. The molecule has 6 nitrogen and oxygen atoms in total. The molecule has 176 valence electrons. The van der Waals surface area contributed by atoms with Gasteiger partial charge < -0.3 is 10.1 Å². The molecule has 0 bridgehead atoms. The molecule has 1 atom stereocenters. The summed E-state index contributed by atoms with van der Waals surface area (Å²) in [5.41, 5.74) is 2.80. The van der Waals surface area contributed by atoms with E-state index in [-0.39, 0.29) is 11.7 Å². The number of hydrogen-bond donors (Lipinski definition) is 1. The van der Waals surface area contributed by atoms with E-state index < -0.39 is 6.36 Å². The van der Waals surface area contributed by atoms with Crippen LogP contribution in [0.5, 0.6) is 5.75 Å². The van der Waals surface area contributed by atoms with Crippen LogP contribution in [-0.2, 0) is 13.0 Å². The van der Waals surface area contributed by atoms with Crippen molar-refractivity contribution in [2.75, 3.05) is 19.6 Å². The van der Waals surface area contributed by atoms with E-state index in [1.54, 1.807) is 34.9 Å². The lowest BCUT2D eigenvalue weighted by atomic mass is 10.1. The maximum Gasteiger partial charge on any atom is 0.573 e. The zero-order valence-electron chi connectivity index (χ0n) is 18.0. The van der Waals surface area contributed by atoms with Gasteiger partial charge >= 0.3 is 6.36 Å². The Bertz CT molecular complexity index is 1130. The molecule has 0 spiro atoms. The van der Waals surface area contributed by atoms with Crippen molar-refractivity contribution in [2.24, 2.45) is 5.92 Å². The first-order valence-corrected chi connectivity index (χ1v) is 11.1. The van der Waals surface area contributed by atoms with Crippen molar-refractivity contribution in [2.45, 2.75) is 32.7 Å². The van der Waals surface area contributed by atoms with Gasteiger partial charge in [0.15, 0.2) is 0 Å². The number of aromatic nitrogens is 2. The Balaban J connectivity index is 1.31. The van der Waals surface area contributed by atoms with Gasteiger partial charge in [0.05, 0.1) is 5.69 Å². The van der Waals surface area contributed by atoms with Gasteiger partial charge in [0.2, 0.25) is 0 Å². The van der Waals surface area contributed by atoms with Crippen LogP contribution < -0.4 is 10.1 Å². The van der Waals surface area contributed by atoms with E-state index in [2.05, 4.69) is 19.9 Å². The number of nitrogens with zero attached hydrogens (tertiary/aromatic N) is 3. The van der Waals surface area contributed by atoms with E-state index >= 15 is 0 Å². The van der Waals surface area contributed by atoms with Gasteiger partial charge in [-0.1, -0.05) is 30.7 Å². The Morgan fingerprint density at radius 2 is 2.03 bits per heavy atom. The first-order valence-electron chi connectivity index (χ1n) is 10.7. The van der Waals surface area contributed by atoms with Gasteiger partial charge in [-0.2, -0.15) is 0 Å². The average Bonchev–Trinajstić information content (AvgIpc) is 3.36. The number of imidazole rings is 1. The summed E-state index contributed by atoms with van der Waals surface area (Å²) in [6, 6.07) is 9.38. The number of fused-ring (bicyclic) bond motifs is 1. The van der Waals surface area contributed by atoms with Crippen LogP contribution in [0, 0.1) is 5.92 Å². The molecule has 3 aromatic rings. The van der Waals surface area contributed by atoms with Gasteiger partial charge in [-0.15, -0.1) is 13.2 Å². The molecule has 0 saturated carbocycles. The smallest absolute Gasteiger partial charge is 0.406 e. The highest BCUT2D eigenvalue weighted by Gasteiger charge is 2.31. The van der Waals surface area contributed by atoms with Crippen molar-refractivity contribution in [1.29, 1.82) is 0 Å². The van der Waals surface area contributed by atoms with E-state index in [1.165, 1.54) is 12.1 Å². The summed E-state index contributed by atoms with van der Waals surface area (Å²) in [7, 11) is 0. The topological polar surface area (TPSA) is 58.9 Å². The second kappa shape index (κ2) is 9.61. The highest BCUT2D eigenvalue weighted by atomic mass is 35.5. The van der Waals surface area contributed by atoms with E-state index in [4.69, 9.17) is 11.6 Å². The molecule has 33 heavy (non-hydrogen) atoms. The summed E-state index contributed by atoms with van der Waals surface area (Å²) in [5, 5.41) is 3.61. The van der Waals surface area contributed by atoms with Crippen molar-refractivity contribution in [3.05, 3.63) is 64.6 Å². The number of rotatable bonds is 7. The third kappa shape index (κ3) is 5.78. The summed E-state index contributed by atoms with van der Waals surface area (Å²) in [6.07, 6.45) is -1.38. The number of carbonyl (C=O) groups excluding carboxylic acids is 1. The van der Waals surface area contributed by atoms with Crippen LogP contribution in [0.2, 0.25) is 5.02 Å². The molecule has 3 heterocycles. The van der Waals surface area contributed by atoms with Crippen LogP contribution in [0.1, 0.15) is 35.1 Å². The normalized spacial score (nSPS) is 16.9. The summed E-state index contributed by atoms with van der Waals surface area (Å²) < 4.78 is 42.6. The number of aryl methyl sites for hydroxylation is 1. The lowest BCUT2D eigenvalue weighted by molar-refractivity contribution is -0.274. The second-order valence-electron chi connectivity index (χ2n) is 8.13. The number of halogens is 4. The van der Waals surface area contributed by atoms with E-state index in [1.807, 2.05) is 6.92 Å². The number of carbonyl (C=O) groups is 1. The number of pyridine rings is 1. The fraction of sp³-hybridized carbons (Fsp3) is 0.391. The fourth-order valence-electron chi connectivity index (χ4n) is 4.15. The molecule has 0 radical (unpaired) electrons. The number of benzene rings is 1. The largest absolute Gasteiger partial charge is 0.573 e. The zero-order chi connectivity index (χ0) is 23.6. The third-order valence-electron chi connectivity index (χ3n) is 5.69. The second-order valence-corrected chi connectivity index (χ2v) is 8.56. The summed E-state index contributed by atoms with van der Waals surface area (Å²) in [4.78, 5) is 19.7. The minimum Gasteiger partial charge on any atom is -0.406 e. The van der Waals surface area contributed by atoms with Gasteiger partial charge in [-0.25, -0.2) is 4.98 Å². The van der Waals surface area contributed by atoms with Gasteiger partial charge in [0.25, 0.3) is 5.91 Å². The van der Waals surface area contributed by atoms with E-state index in [9.17, 15) is 18.0 Å². The van der Waals surface area contributed by atoms with Gasteiger partial charge in [-0.3, -0.25) is 14.1 Å². The van der Waals surface area contributed by atoms with E-state index in [0.29, 0.717) is 41.8 Å². The first kappa shape index (κ1) is 23.4. The molecule has 0 aliphatic carbocycles. The van der Waals surface area contributed by atoms with E-state index in [0.717, 1.165) is 30.8 Å². The highest BCUT2D eigenvalue weighted by Crippen LogP contribution is 2.24. The maximum atomic E-state index is 12.9. The molecule has 4 rings (SSSR count). The van der Waals surface area contributed by atoms with Crippen LogP contribution in [0.3, 0.4) is 0 Å². The van der Waals surface area contributed by atoms with Crippen molar-refractivity contribution < 1.29 is 22.7 Å². The maximum absolute atomic E-state index is 12.9. The first-order chi connectivity index (χ1) is 15.7. The van der Waals surface area contributed by atoms with Gasteiger partial charge in [0.1, 0.15) is 17.1 Å². The zero-order valence-corrected chi connectivity index (χ0v) is 18.8. The molecule has 1 amide bonds. The molecule has 1 fully saturated rings. The predicted molar refractivity (Wildman–Crippen MR) is 118 cm³/mol. The van der Waals surface area contributed by atoms with Crippen LogP contribution >= 0.6 is 11.6 Å². The number of amides is 1. The molecule has 1 aromatic carbocycles. The molecular formula is C23H24ClF3N4O2. The number of hydrogen-bond acceptors (Lipinski definition) is 4. The minimum absolute atomic E-state index is 0.166. The summed E-state index contributed by atoms with van der Waals surface area (Å²) >= 11 is 6.05. The van der Waals surface area contributed by atoms with Crippen molar-refractivity contribution in [3.8, 4) is 5.75 Å². The Hall–Kier alpha value is -2.78. The summed E-state index contributed by atoms with van der Waals surface area (Å²) in [6.45, 7) is 4.78. The SMILES string of the molecule is CCc1nc2cc(Cl)ccn2c1C(=O)NCC1CCN(Cc2ccc(OC(F)(F)F)cc2)C1. The van der Waals surface area contributed by atoms with Crippen LogP contribution in [0.4, 0.5) is 13.2 Å². The molecule has 2 aromatic heterocycles. The van der Waals surface area contributed by atoms with Crippen molar-refractivity contribution in [1.82, 2.24) is 19.6 Å². The fourth-order valence-corrected chi connectivity index (χ4v) is 4.31. The van der Waals surface area contributed by atoms with Crippen molar-refractivity contribution in [3.63, 3.8) is 0 Å². The Labute approximate surface area is 194 Å². The molecular weight excluding hydrogens is 457 g/mol. The Kier molecular flexibility index (Phi) is 6.81. The average molecular weight is 481 g/mol. The van der Waals surface area contributed by atoms with Gasteiger partial charge in [-0.05, 0) is 49.1 Å². The third-order valence-corrected chi connectivity index (χ3v) is 5.93. The molecule has 10 heteroatoms. The Morgan fingerprint density at radius 1 is 1.27 bits per heavy atom. The molecule has 1 aliphatic rings. The lowest BCUT2D eigenvalue weighted by Crippen LogP contribution is -2.32. The Morgan fingerprint density at radius 3 is 2.73 bits per heavy atom. The predicted octanol–water partition coefficient (Wildman–Crippen LogP) is 4.70. The summed E-state index contributed by atoms with van der Waals surface area (Å²) in [5.74, 6) is -0.102. The monoisotopic (exact) mass is 480 g/mol. The number of nitrogens with one attached hydrogen (secondary N) is 1. The molecule has 1 unspecified atom stereocenters. The van der Waals surface area contributed by atoms with Gasteiger partial charge in [0, 0.05) is 36.9 Å². The highest BCUT2D eigenvalue weighted by molar-refractivity contribution is 6.30. The molecule has 1 N–H and O–H groups in total. The van der Waals surface area contributed by atoms with Crippen LogP contribution in [0.15, 0.2) is 42.6 Å². The van der Waals surface area contributed by atoms with Crippen LogP contribution in [0.25, 0.3) is 5.65 Å². The quantitative estimate of drug-likeness (QED) is 0.532. The lowest BCUT2D eigenvalue weighted by Gasteiger charge is -2.17.